The number of amides is 1. The zero-order valence-corrected chi connectivity index (χ0v) is 18.1. The number of carbonyl (C=O) groups excluding carboxylic acids is 1. The summed E-state index contributed by atoms with van der Waals surface area (Å²) < 4.78 is 6.83. The summed E-state index contributed by atoms with van der Waals surface area (Å²) in [7, 11) is 1.56. The molecule has 30 heavy (non-hydrogen) atoms. The Morgan fingerprint density at radius 1 is 1.17 bits per heavy atom. The van der Waals surface area contributed by atoms with E-state index in [0.717, 1.165) is 5.39 Å². The molecule has 0 unspecified atom stereocenters. The van der Waals surface area contributed by atoms with Crippen molar-refractivity contribution in [3.8, 4) is 5.75 Å². The van der Waals surface area contributed by atoms with Crippen molar-refractivity contribution in [2.24, 2.45) is 5.41 Å². The highest BCUT2D eigenvalue weighted by Crippen LogP contribution is 2.40. The summed E-state index contributed by atoms with van der Waals surface area (Å²) in [5.74, 6) is -1.06. The van der Waals surface area contributed by atoms with Gasteiger partial charge in [-0.05, 0) is 61.1 Å². The van der Waals surface area contributed by atoms with Crippen LogP contribution >= 0.6 is 0 Å². The third-order valence-electron chi connectivity index (χ3n) is 6.21. The van der Waals surface area contributed by atoms with Gasteiger partial charge in [-0.1, -0.05) is 20.8 Å². The van der Waals surface area contributed by atoms with E-state index in [2.05, 4.69) is 19.2 Å². The predicted octanol–water partition coefficient (Wildman–Crippen LogP) is 3.57. The summed E-state index contributed by atoms with van der Waals surface area (Å²) in [5, 5.41) is 13.3. The maximum atomic E-state index is 13.1. The quantitative estimate of drug-likeness (QED) is 0.753. The van der Waals surface area contributed by atoms with E-state index in [4.69, 9.17) is 4.74 Å². The molecular formula is C23H30N2O5. The smallest absolute Gasteiger partial charge is 0.329 e. The molecule has 1 heterocycles. The first-order valence-corrected chi connectivity index (χ1v) is 10.4. The molecule has 0 bridgehead atoms. The Bertz CT molecular complexity index is 1030. The first-order chi connectivity index (χ1) is 14.1. The van der Waals surface area contributed by atoms with Gasteiger partial charge in [0.25, 0.3) is 11.5 Å². The van der Waals surface area contributed by atoms with Crippen molar-refractivity contribution in [3.05, 3.63) is 40.2 Å². The molecule has 1 aliphatic rings. The van der Waals surface area contributed by atoms with E-state index in [0.29, 0.717) is 49.9 Å². The molecule has 1 aliphatic carbocycles. The molecule has 1 aromatic heterocycles. The fourth-order valence-electron chi connectivity index (χ4n) is 4.12. The van der Waals surface area contributed by atoms with Crippen LogP contribution in [0.5, 0.6) is 5.75 Å². The number of nitrogens with zero attached hydrogens (tertiary/aromatic N) is 1. The minimum absolute atomic E-state index is 0.0356. The van der Waals surface area contributed by atoms with Gasteiger partial charge in [-0.3, -0.25) is 9.59 Å². The van der Waals surface area contributed by atoms with Gasteiger partial charge >= 0.3 is 5.97 Å². The molecule has 0 saturated heterocycles. The van der Waals surface area contributed by atoms with Crippen LogP contribution in [-0.2, 0) is 11.3 Å². The third kappa shape index (κ3) is 4.06. The molecule has 7 nitrogen and oxygen atoms in total. The van der Waals surface area contributed by atoms with Crippen molar-refractivity contribution in [3.63, 3.8) is 0 Å². The number of aromatic nitrogens is 1. The number of hydrogen-bond acceptors (Lipinski definition) is 4. The van der Waals surface area contributed by atoms with E-state index >= 15 is 0 Å². The summed E-state index contributed by atoms with van der Waals surface area (Å²) >= 11 is 0. The van der Waals surface area contributed by atoms with E-state index in [1.807, 2.05) is 6.92 Å². The van der Waals surface area contributed by atoms with E-state index in [1.165, 1.54) is 0 Å². The molecule has 1 amide bonds. The minimum Gasteiger partial charge on any atom is -0.497 e. The summed E-state index contributed by atoms with van der Waals surface area (Å²) in [6.07, 6.45) is 2.78. The molecule has 3 rings (SSSR count). The number of benzene rings is 1. The van der Waals surface area contributed by atoms with Gasteiger partial charge in [-0.15, -0.1) is 0 Å². The summed E-state index contributed by atoms with van der Waals surface area (Å²) in [4.78, 5) is 38.3. The van der Waals surface area contributed by atoms with Gasteiger partial charge in [-0.2, -0.15) is 0 Å². The van der Waals surface area contributed by atoms with Gasteiger partial charge in [0.05, 0.1) is 12.6 Å². The van der Waals surface area contributed by atoms with Crippen LogP contribution in [0.25, 0.3) is 10.9 Å². The van der Waals surface area contributed by atoms with Gasteiger partial charge < -0.3 is 19.7 Å². The topological polar surface area (TPSA) is 97.6 Å². The molecule has 162 valence electrons. The zero-order chi connectivity index (χ0) is 22.1. The molecular weight excluding hydrogens is 384 g/mol. The molecule has 7 heteroatoms. The van der Waals surface area contributed by atoms with Crippen molar-refractivity contribution in [2.45, 2.75) is 65.0 Å². The summed E-state index contributed by atoms with van der Waals surface area (Å²) in [5.41, 5.74) is -1.08. The number of ether oxygens (including phenoxy) is 1. The molecule has 0 radical (unpaired) electrons. The van der Waals surface area contributed by atoms with Crippen molar-refractivity contribution in [1.29, 1.82) is 0 Å². The van der Waals surface area contributed by atoms with Crippen molar-refractivity contribution in [1.82, 2.24) is 9.88 Å². The van der Waals surface area contributed by atoms with Crippen LogP contribution in [0.3, 0.4) is 0 Å². The second-order valence-corrected chi connectivity index (χ2v) is 8.95. The number of aryl methyl sites for hydroxylation is 1. The Morgan fingerprint density at radius 3 is 2.40 bits per heavy atom. The average molecular weight is 415 g/mol. The maximum Gasteiger partial charge on any atom is 0.329 e. The largest absolute Gasteiger partial charge is 0.497 e. The van der Waals surface area contributed by atoms with Crippen LogP contribution < -0.4 is 15.6 Å². The Labute approximate surface area is 176 Å². The van der Waals surface area contributed by atoms with E-state index < -0.39 is 23.0 Å². The minimum atomic E-state index is -1.34. The first kappa shape index (κ1) is 21.9. The molecule has 1 saturated carbocycles. The molecule has 1 fully saturated rings. The van der Waals surface area contributed by atoms with Crippen molar-refractivity contribution >= 4 is 22.8 Å². The van der Waals surface area contributed by atoms with Crippen LogP contribution in [0, 0.1) is 5.41 Å². The molecule has 2 aromatic rings. The normalized spacial score (nSPS) is 17.5. The number of aliphatic carboxylic acids is 1. The van der Waals surface area contributed by atoms with Crippen LogP contribution in [0.4, 0.5) is 0 Å². The van der Waals surface area contributed by atoms with E-state index in [9.17, 15) is 19.5 Å². The Kier molecular flexibility index (Phi) is 5.92. The van der Waals surface area contributed by atoms with E-state index in [1.54, 1.807) is 35.9 Å². The van der Waals surface area contributed by atoms with Gasteiger partial charge in [0, 0.05) is 12.6 Å². The van der Waals surface area contributed by atoms with Crippen molar-refractivity contribution in [2.75, 3.05) is 7.11 Å². The second kappa shape index (κ2) is 8.13. The maximum absolute atomic E-state index is 13.1. The Hall–Kier alpha value is -2.83. The van der Waals surface area contributed by atoms with Gasteiger partial charge in [-0.25, -0.2) is 4.79 Å². The lowest BCUT2D eigenvalue weighted by molar-refractivity contribution is -0.146. The fraction of sp³-hybridized carbons (Fsp3) is 0.522. The first-order valence-electron chi connectivity index (χ1n) is 10.4. The van der Waals surface area contributed by atoms with Crippen LogP contribution in [-0.4, -0.2) is 34.2 Å². The Balaban J connectivity index is 2.03. The lowest BCUT2D eigenvalue weighted by Gasteiger charge is -2.41. The fourth-order valence-corrected chi connectivity index (χ4v) is 4.12. The molecule has 0 spiro atoms. The van der Waals surface area contributed by atoms with Crippen LogP contribution in [0.15, 0.2) is 29.1 Å². The number of hydrogen-bond donors (Lipinski definition) is 2. The summed E-state index contributed by atoms with van der Waals surface area (Å²) in [6, 6.07) is 6.89. The standard InChI is InChI=1S/C23H30N2O5/c1-5-12-25-18-14-16(30-4)7-6-15(18)13-17(20(25)27)19(26)24-23(21(28)29)10-8-22(2,3)9-11-23/h6-7,13-14H,5,8-12H2,1-4H3,(H,24,26)(H,28,29). The molecule has 1 aromatic carbocycles. The number of carboxylic acids is 1. The highest BCUT2D eigenvalue weighted by atomic mass is 16.5. The number of carboxylic acid groups (broad SMARTS) is 1. The average Bonchev–Trinajstić information content (AvgIpc) is 2.71. The molecule has 2 N–H and O–H groups in total. The number of fused-ring (bicyclic) bond motifs is 1. The number of rotatable bonds is 6. The Morgan fingerprint density at radius 2 is 1.83 bits per heavy atom. The summed E-state index contributed by atoms with van der Waals surface area (Å²) in [6.45, 7) is 6.60. The van der Waals surface area contributed by atoms with Crippen LogP contribution in [0.1, 0.15) is 63.2 Å². The van der Waals surface area contributed by atoms with E-state index in [-0.39, 0.29) is 11.0 Å². The molecule has 0 aliphatic heterocycles. The van der Waals surface area contributed by atoms with Crippen LogP contribution in [0.2, 0.25) is 0 Å². The SMILES string of the molecule is CCCn1c(=O)c(C(=O)NC2(C(=O)O)CCC(C)(C)CC2)cc2ccc(OC)cc21. The highest BCUT2D eigenvalue weighted by Gasteiger charge is 2.45. The van der Waals surface area contributed by atoms with Gasteiger partial charge in [0.2, 0.25) is 0 Å². The lowest BCUT2D eigenvalue weighted by Crippen LogP contribution is -2.57. The zero-order valence-electron chi connectivity index (χ0n) is 18.1. The monoisotopic (exact) mass is 414 g/mol. The number of pyridine rings is 1. The number of nitrogens with one attached hydrogen (secondary N) is 1. The third-order valence-corrected chi connectivity index (χ3v) is 6.21. The van der Waals surface area contributed by atoms with Gasteiger partial charge in [0.15, 0.2) is 0 Å². The number of carbonyl (C=O) groups is 2. The second-order valence-electron chi connectivity index (χ2n) is 8.95. The highest BCUT2D eigenvalue weighted by molar-refractivity contribution is 6.00. The van der Waals surface area contributed by atoms with Gasteiger partial charge in [0.1, 0.15) is 16.9 Å². The van der Waals surface area contributed by atoms with Crippen molar-refractivity contribution < 1.29 is 19.4 Å². The lowest BCUT2D eigenvalue weighted by atomic mass is 9.69. The number of methoxy groups -OCH3 is 1. The molecule has 0 atom stereocenters. The predicted molar refractivity (Wildman–Crippen MR) is 115 cm³/mol.